The van der Waals surface area contributed by atoms with Crippen molar-refractivity contribution in [3.63, 3.8) is 0 Å². The number of ether oxygens (including phenoxy) is 4. The van der Waals surface area contributed by atoms with E-state index in [2.05, 4.69) is 27.7 Å². The average molecular weight is 1380 g/mol. The van der Waals surface area contributed by atoms with E-state index in [-0.39, 0.29) is 25.7 Å². The molecule has 0 aliphatic rings. The topological polar surface area (TPSA) is 237 Å². The summed E-state index contributed by atoms with van der Waals surface area (Å²) >= 11 is 0. The van der Waals surface area contributed by atoms with Crippen LogP contribution in [-0.2, 0) is 65.4 Å². The van der Waals surface area contributed by atoms with Crippen molar-refractivity contribution >= 4 is 39.5 Å². The first kappa shape index (κ1) is 92.1. The Hall–Kier alpha value is -1.94. The first-order valence-corrected chi connectivity index (χ1v) is 42.3. The van der Waals surface area contributed by atoms with Crippen molar-refractivity contribution in [2.24, 2.45) is 0 Å². The zero-order chi connectivity index (χ0) is 69.0. The molecular weight excluding hydrogens is 1230 g/mol. The minimum atomic E-state index is -4.95. The fourth-order valence-electron chi connectivity index (χ4n) is 11.6. The molecule has 19 heteroatoms. The number of aliphatic hydroxyl groups is 1. The van der Waals surface area contributed by atoms with Crippen LogP contribution in [0.1, 0.15) is 400 Å². The van der Waals surface area contributed by atoms with Crippen LogP contribution in [0, 0.1) is 0 Å². The lowest BCUT2D eigenvalue weighted by Gasteiger charge is -2.21. The molecule has 0 heterocycles. The molecule has 0 aromatic carbocycles. The molecule has 2 unspecified atom stereocenters. The molecule has 0 fully saturated rings. The summed E-state index contributed by atoms with van der Waals surface area (Å²) in [4.78, 5) is 72.7. The van der Waals surface area contributed by atoms with Gasteiger partial charge in [-0.05, 0) is 25.7 Å². The largest absolute Gasteiger partial charge is 0.472 e. The van der Waals surface area contributed by atoms with E-state index in [1.807, 2.05) is 0 Å². The molecule has 94 heavy (non-hydrogen) atoms. The second-order valence-corrected chi connectivity index (χ2v) is 29.9. The summed E-state index contributed by atoms with van der Waals surface area (Å²) in [5.74, 6) is -2.11. The third kappa shape index (κ3) is 68.6. The zero-order valence-corrected chi connectivity index (χ0v) is 62.7. The van der Waals surface area contributed by atoms with Crippen LogP contribution in [0.5, 0.6) is 0 Å². The normalized spacial score (nSPS) is 13.9. The predicted molar refractivity (Wildman–Crippen MR) is 382 cm³/mol. The average Bonchev–Trinajstić information content (AvgIpc) is 1.33. The highest BCUT2D eigenvalue weighted by atomic mass is 31.2. The molecule has 0 aliphatic heterocycles. The fourth-order valence-corrected chi connectivity index (χ4v) is 13.2. The van der Waals surface area contributed by atoms with E-state index in [1.165, 1.54) is 231 Å². The molecule has 558 valence electrons. The molecule has 0 spiro atoms. The van der Waals surface area contributed by atoms with Crippen molar-refractivity contribution < 1.29 is 80.2 Å². The lowest BCUT2D eigenvalue weighted by Crippen LogP contribution is -2.30. The zero-order valence-electron chi connectivity index (χ0n) is 60.9. The molecule has 0 bridgehead atoms. The van der Waals surface area contributed by atoms with Crippen molar-refractivity contribution in [2.45, 2.75) is 418 Å². The molecular formula is C75H146O17P2. The summed E-state index contributed by atoms with van der Waals surface area (Å²) in [7, 11) is -9.90. The highest BCUT2D eigenvalue weighted by molar-refractivity contribution is 7.47. The van der Waals surface area contributed by atoms with E-state index < -0.39 is 97.5 Å². The van der Waals surface area contributed by atoms with E-state index >= 15 is 0 Å². The van der Waals surface area contributed by atoms with Crippen LogP contribution in [0.2, 0.25) is 0 Å². The van der Waals surface area contributed by atoms with Crippen LogP contribution in [0.3, 0.4) is 0 Å². The lowest BCUT2D eigenvalue weighted by atomic mass is 10.0. The van der Waals surface area contributed by atoms with Gasteiger partial charge in [0.25, 0.3) is 0 Å². The van der Waals surface area contributed by atoms with Gasteiger partial charge in [0.05, 0.1) is 26.4 Å². The second kappa shape index (κ2) is 69.5. The van der Waals surface area contributed by atoms with Crippen LogP contribution in [0.15, 0.2) is 0 Å². The Morgan fingerprint density at radius 1 is 0.255 bits per heavy atom. The van der Waals surface area contributed by atoms with Crippen LogP contribution in [-0.4, -0.2) is 96.7 Å². The third-order valence-corrected chi connectivity index (χ3v) is 19.5. The molecule has 3 N–H and O–H groups in total. The lowest BCUT2D eigenvalue weighted by molar-refractivity contribution is -0.161. The Balaban J connectivity index is 5.23. The molecule has 17 nitrogen and oxygen atoms in total. The number of carbonyl (C=O) groups is 4. The maximum absolute atomic E-state index is 13.1. The standard InChI is InChI=1S/C75H146O17P2/c1-5-9-13-17-21-25-29-32-34-35-36-37-39-42-46-50-54-58-62-75(80)92-71(66-86-73(78)60-56-52-48-44-41-38-33-30-26-22-18-14-10-6-2)68-90-94(83,84)88-64-69(76)63-87-93(81,82)89-67-70(65-85-72(77)59-55-51-47-43-28-24-20-16-12-8-4)91-74(79)61-57-53-49-45-40-31-27-23-19-15-11-7-3/h69-71,76H,5-68H2,1-4H3,(H,81,82)(H,83,84)/t69-,70+,71+/m0/s1. The number of carbonyl (C=O) groups excluding carboxylic acids is 4. The van der Waals surface area contributed by atoms with E-state index in [4.69, 9.17) is 37.0 Å². The van der Waals surface area contributed by atoms with Crippen molar-refractivity contribution in [1.29, 1.82) is 0 Å². The summed E-state index contributed by atoms with van der Waals surface area (Å²) in [5, 5.41) is 10.6. The smallest absolute Gasteiger partial charge is 0.462 e. The molecule has 0 aromatic rings. The van der Waals surface area contributed by atoms with Gasteiger partial charge in [-0.15, -0.1) is 0 Å². The molecule has 0 aliphatic carbocycles. The quantitative estimate of drug-likeness (QED) is 0.0222. The SMILES string of the molecule is CCCCCCCCCCCCCCCCCCCCC(=O)O[C@H](COC(=O)CCCCCCCCCCCCCCCC)COP(=O)(O)OC[C@@H](O)COP(=O)(O)OC[C@@H](COC(=O)CCCCCCCCCCCC)OC(=O)CCCCCCCCCCCCCC. The van der Waals surface area contributed by atoms with E-state index in [1.54, 1.807) is 0 Å². The van der Waals surface area contributed by atoms with Gasteiger partial charge in [0.1, 0.15) is 19.3 Å². The minimum absolute atomic E-state index is 0.108. The fraction of sp³-hybridized carbons (Fsp3) is 0.947. The molecule has 0 amide bonds. The maximum atomic E-state index is 13.1. The molecule has 0 rings (SSSR count). The van der Waals surface area contributed by atoms with Crippen molar-refractivity contribution in [3.8, 4) is 0 Å². The first-order chi connectivity index (χ1) is 45.7. The Bertz CT molecular complexity index is 1790. The van der Waals surface area contributed by atoms with Crippen LogP contribution < -0.4 is 0 Å². The van der Waals surface area contributed by atoms with Gasteiger partial charge in [-0.2, -0.15) is 0 Å². The number of esters is 4. The van der Waals surface area contributed by atoms with E-state index in [0.29, 0.717) is 25.7 Å². The first-order valence-electron chi connectivity index (χ1n) is 39.3. The van der Waals surface area contributed by atoms with Gasteiger partial charge in [-0.3, -0.25) is 37.3 Å². The van der Waals surface area contributed by atoms with Crippen LogP contribution in [0.4, 0.5) is 0 Å². The molecule has 0 saturated carbocycles. The number of phosphoric acid groups is 2. The molecule has 0 saturated heterocycles. The number of hydrogen-bond donors (Lipinski definition) is 3. The number of hydrogen-bond acceptors (Lipinski definition) is 15. The minimum Gasteiger partial charge on any atom is -0.462 e. The van der Waals surface area contributed by atoms with Gasteiger partial charge in [0, 0.05) is 25.7 Å². The van der Waals surface area contributed by atoms with Crippen molar-refractivity contribution in [3.05, 3.63) is 0 Å². The number of aliphatic hydroxyl groups excluding tert-OH is 1. The molecule has 0 aromatic heterocycles. The Labute approximate surface area is 575 Å². The predicted octanol–water partition coefficient (Wildman–Crippen LogP) is 22.2. The van der Waals surface area contributed by atoms with E-state index in [0.717, 1.165) is 89.9 Å². The Morgan fingerprint density at radius 3 is 0.628 bits per heavy atom. The molecule has 0 radical (unpaired) electrons. The summed E-state index contributed by atoms with van der Waals surface area (Å²) in [6.07, 6.45) is 59.5. The molecule has 5 atom stereocenters. The van der Waals surface area contributed by atoms with Crippen LogP contribution >= 0.6 is 15.6 Å². The van der Waals surface area contributed by atoms with Gasteiger partial charge in [0.15, 0.2) is 12.2 Å². The van der Waals surface area contributed by atoms with Gasteiger partial charge < -0.3 is 33.8 Å². The number of unbranched alkanes of at least 4 members (excludes halogenated alkanes) is 50. The summed E-state index contributed by atoms with van der Waals surface area (Å²) in [5.41, 5.74) is 0. The summed E-state index contributed by atoms with van der Waals surface area (Å²) in [6.45, 7) is 4.98. The summed E-state index contributed by atoms with van der Waals surface area (Å²) < 4.78 is 68.5. The second-order valence-electron chi connectivity index (χ2n) is 27.0. The highest BCUT2D eigenvalue weighted by Gasteiger charge is 2.30. The Morgan fingerprint density at radius 2 is 0.426 bits per heavy atom. The number of rotatable bonds is 76. The number of phosphoric ester groups is 2. The van der Waals surface area contributed by atoms with Gasteiger partial charge >= 0.3 is 39.5 Å². The van der Waals surface area contributed by atoms with E-state index in [9.17, 15) is 43.2 Å². The monoisotopic (exact) mass is 1380 g/mol. The maximum Gasteiger partial charge on any atom is 0.472 e. The van der Waals surface area contributed by atoms with Crippen molar-refractivity contribution in [2.75, 3.05) is 39.6 Å². The summed E-state index contributed by atoms with van der Waals surface area (Å²) in [6, 6.07) is 0. The highest BCUT2D eigenvalue weighted by Crippen LogP contribution is 2.45. The van der Waals surface area contributed by atoms with Gasteiger partial charge in [-0.25, -0.2) is 9.13 Å². The van der Waals surface area contributed by atoms with Crippen LogP contribution in [0.25, 0.3) is 0 Å². The van der Waals surface area contributed by atoms with Gasteiger partial charge in [-0.1, -0.05) is 349 Å². The van der Waals surface area contributed by atoms with Gasteiger partial charge in [0.2, 0.25) is 0 Å². The third-order valence-electron chi connectivity index (χ3n) is 17.6. The Kier molecular flexibility index (Phi) is 68.1. The van der Waals surface area contributed by atoms with Crippen molar-refractivity contribution in [1.82, 2.24) is 0 Å².